The number of hydrogen-bond acceptors (Lipinski definition) is 3. The van der Waals surface area contributed by atoms with Gasteiger partial charge in [0.1, 0.15) is 5.75 Å². The van der Waals surface area contributed by atoms with Gasteiger partial charge in [-0.15, -0.1) is 0 Å². The van der Waals surface area contributed by atoms with Gasteiger partial charge >= 0.3 is 0 Å². The molecule has 0 aliphatic rings. The van der Waals surface area contributed by atoms with Crippen molar-refractivity contribution >= 4 is 5.96 Å². The Labute approximate surface area is 127 Å². The molecule has 1 rings (SSSR count). The fourth-order valence-corrected chi connectivity index (χ4v) is 1.64. The molecule has 0 bridgehead atoms. The molecular weight excluding hydrogens is 266 g/mol. The lowest BCUT2D eigenvalue weighted by atomic mass is 10.2. The lowest BCUT2D eigenvalue weighted by Crippen LogP contribution is -2.38. The number of methoxy groups -OCH3 is 1. The van der Waals surface area contributed by atoms with E-state index < -0.39 is 0 Å². The number of guanidine groups is 1. The van der Waals surface area contributed by atoms with Crippen LogP contribution in [-0.4, -0.2) is 39.9 Å². The Morgan fingerprint density at radius 2 is 1.90 bits per heavy atom. The molecule has 1 aromatic rings. The van der Waals surface area contributed by atoms with Crippen LogP contribution in [0.4, 0.5) is 0 Å². The lowest BCUT2D eigenvalue weighted by molar-refractivity contribution is 0.203. The summed E-state index contributed by atoms with van der Waals surface area (Å²) in [5.74, 6) is 2.22. The molecule has 0 aliphatic heterocycles. The predicted molar refractivity (Wildman–Crippen MR) is 86.9 cm³/mol. The van der Waals surface area contributed by atoms with E-state index in [1.54, 1.807) is 14.2 Å². The van der Waals surface area contributed by atoms with Crippen LogP contribution in [0.2, 0.25) is 0 Å². The summed E-state index contributed by atoms with van der Waals surface area (Å²) in [5, 5.41) is 6.43. The largest absolute Gasteiger partial charge is 0.493 e. The smallest absolute Gasteiger partial charge is 0.191 e. The van der Waals surface area contributed by atoms with Gasteiger partial charge in [0, 0.05) is 27.2 Å². The molecule has 0 aliphatic carbocycles. The summed E-state index contributed by atoms with van der Waals surface area (Å²) in [7, 11) is 3.44. The van der Waals surface area contributed by atoms with Crippen LogP contribution >= 0.6 is 0 Å². The molecule has 0 saturated carbocycles. The summed E-state index contributed by atoms with van der Waals surface area (Å²) < 4.78 is 10.7. The van der Waals surface area contributed by atoms with Gasteiger partial charge in [0.2, 0.25) is 0 Å². The van der Waals surface area contributed by atoms with Crippen LogP contribution in [0.3, 0.4) is 0 Å². The normalized spacial score (nSPS) is 11.6. The van der Waals surface area contributed by atoms with Gasteiger partial charge in [-0.05, 0) is 23.6 Å². The minimum absolute atomic E-state index is 0.535. The quantitative estimate of drug-likeness (QED) is 0.437. The first-order valence-corrected chi connectivity index (χ1v) is 7.31. The molecule has 0 radical (unpaired) electrons. The number of nitrogens with one attached hydrogen (secondary N) is 2. The molecule has 5 nitrogen and oxygen atoms in total. The van der Waals surface area contributed by atoms with E-state index in [4.69, 9.17) is 9.47 Å². The third-order valence-electron chi connectivity index (χ3n) is 2.79. The molecule has 0 amide bonds. The lowest BCUT2D eigenvalue weighted by Gasteiger charge is -2.12. The highest BCUT2D eigenvalue weighted by Gasteiger charge is 2.00. The van der Waals surface area contributed by atoms with E-state index >= 15 is 0 Å². The van der Waals surface area contributed by atoms with E-state index in [0.29, 0.717) is 12.5 Å². The van der Waals surface area contributed by atoms with Crippen LogP contribution < -0.4 is 15.4 Å². The number of nitrogens with zero attached hydrogens (tertiary/aromatic N) is 1. The molecular formula is C16H27N3O2. The SMILES string of the molecule is CN=C(NCCOC)NCc1ccc(OCC(C)C)cc1. The summed E-state index contributed by atoms with van der Waals surface area (Å²) in [6.07, 6.45) is 0. The van der Waals surface area contributed by atoms with E-state index in [1.807, 2.05) is 12.1 Å². The van der Waals surface area contributed by atoms with Gasteiger partial charge in [-0.1, -0.05) is 26.0 Å². The number of ether oxygens (including phenoxy) is 2. The highest BCUT2D eigenvalue weighted by atomic mass is 16.5. The maximum Gasteiger partial charge on any atom is 0.191 e. The number of aliphatic imine (C=N–C) groups is 1. The minimum atomic E-state index is 0.535. The fraction of sp³-hybridized carbons (Fsp3) is 0.562. The van der Waals surface area contributed by atoms with Gasteiger partial charge in [-0.2, -0.15) is 0 Å². The number of rotatable bonds is 8. The predicted octanol–water partition coefficient (Wildman–Crippen LogP) is 2.03. The molecule has 0 fully saturated rings. The van der Waals surface area contributed by atoms with Crippen LogP contribution in [0.5, 0.6) is 5.75 Å². The maximum absolute atomic E-state index is 5.66. The van der Waals surface area contributed by atoms with Crippen molar-refractivity contribution in [3.63, 3.8) is 0 Å². The minimum Gasteiger partial charge on any atom is -0.493 e. The molecule has 2 N–H and O–H groups in total. The summed E-state index contributed by atoms with van der Waals surface area (Å²) in [6, 6.07) is 8.12. The van der Waals surface area contributed by atoms with E-state index in [9.17, 15) is 0 Å². The Bertz CT molecular complexity index is 416. The van der Waals surface area contributed by atoms with Crippen LogP contribution in [0.15, 0.2) is 29.3 Å². The first-order chi connectivity index (χ1) is 10.2. The van der Waals surface area contributed by atoms with Crippen molar-refractivity contribution in [3.05, 3.63) is 29.8 Å². The van der Waals surface area contributed by atoms with E-state index in [1.165, 1.54) is 5.56 Å². The summed E-state index contributed by atoms with van der Waals surface area (Å²) in [6.45, 7) is 7.13. The van der Waals surface area contributed by atoms with Crippen LogP contribution in [0, 0.1) is 5.92 Å². The van der Waals surface area contributed by atoms with Crippen molar-refractivity contribution < 1.29 is 9.47 Å². The first-order valence-electron chi connectivity index (χ1n) is 7.31. The monoisotopic (exact) mass is 293 g/mol. The second-order valence-electron chi connectivity index (χ2n) is 5.19. The molecule has 1 aromatic carbocycles. The molecule has 0 spiro atoms. The van der Waals surface area contributed by atoms with Gasteiger partial charge in [0.25, 0.3) is 0 Å². The van der Waals surface area contributed by atoms with E-state index in [-0.39, 0.29) is 0 Å². The van der Waals surface area contributed by atoms with Crippen molar-refractivity contribution in [2.45, 2.75) is 20.4 Å². The van der Waals surface area contributed by atoms with Crippen LogP contribution in [-0.2, 0) is 11.3 Å². The van der Waals surface area contributed by atoms with Crippen molar-refractivity contribution in [2.75, 3.05) is 33.9 Å². The Morgan fingerprint density at radius 1 is 1.19 bits per heavy atom. The van der Waals surface area contributed by atoms with Crippen molar-refractivity contribution in [1.29, 1.82) is 0 Å². The highest BCUT2D eigenvalue weighted by molar-refractivity contribution is 5.79. The zero-order chi connectivity index (χ0) is 15.5. The zero-order valence-corrected chi connectivity index (χ0v) is 13.5. The fourth-order valence-electron chi connectivity index (χ4n) is 1.64. The summed E-state index contributed by atoms with van der Waals surface area (Å²) >= 11 is 0. The summed E-state index contributed by atoms with van der Waals surface area (Å²) in [4.78, 5) is 4.16. The van der Waals surface area contributed by atoms with Crippen LogP contribution in [0.25, 0.3) is 0 Å². The highest BCUT2D eigenvalue weighted by Crippen LogP contribution is 2.13. The molecule has 0 atom stereocenters. The second kappa shape index (κ2) is 10.0. The number of hydrogen-bond donors (Lipinski definition) is 2. The maximum atomic E-state index is 5.66. The molecule has 21 heavy (non-hydrogen) atoms. The van der Waals surface area contributed by atoms with Gasteiger partial charge < -0.3 is 20.1 Å². The van der Waals surface area contributed by atoms with E-state index in [2.05, 4.69) is 41.6 Å². The molecule has 0 saturated heterocycles. The second-order valence-corrected chi connectivity index (χ2v) is 5.19. The van der Waals surface area contributed by atoms with Crippen LogP contribution in [0.1, 0.15) is 19.4 Å². The van der Waals surface area contributed by atoms with Crippen molar-refractivity contribution in [3.8, 4) is 5.75 Å². The molecule has 0 aromatic heterocycles. The van der Waals surface area contributed by atoms with Crippen molar-refractivity contribution in [2.24, 2.45) is 10.9 Å². The molecule has 5 heteroatoms. The Kier molecular flexibility index (Phi) is 8.28. The third kappa shape index (κ3) is 7.56. The Morgan fingerprint density at radius 3 is 2.48 bits per heavy atom. The standard InChI is InChI=1S/C16H27N3O2/c1-13(2)12-21-15-7-5-14(6-8-15)11-19-16(17-3)18-9-10-20-4/h5-8,13H,9-12H2,1-4H3,(H2,17,18,19). The van der Waals surface area contributed by atoms with E-state index in [0.717, 1.165) is 31.4 Å². The molecule has 0 unspecified atom stereocenters. The Hall–Kier alpha value is -1.75. The average molecular weight is 293 g/mol. The van der Waals surface area contributed by atoms with Gasteiger partial charge in [-0.25, -0.2) is 0 Å². The van der Waals surface area contributed by atoms with Gasteiger partial charge in [0.15, 0.2) is 5.96 Å². The zero-order valence-electron chi connectivity index (χ0n) is 13.5. The topological polar surface area (TPSA) is 54.9 Å². The first kappa shape index (κ1) is 17.3. The molecule has 0 heterocycles. The van der Waals surface area contributed by atoms with Gasteiger partial charge in [-0.3, -0.25) is 4.99 Å². The molecule has 118 valence electrons. The summed E-state index contributed by atoms with van der Waals surface area (Å²) in [5.41, 5.74) is 1.18. The van der Waals surface area contributed by atoms with Gasteiger partial charge in [0.05, 0.1) is 13.2 Å². The Balaban J connectivity index is 2.37. The van der Waals surface area contributed by atoms with Crippen molar-refractivity contribution in [1.82, 2.24) is 10.6 Å². The third-order valence-corrected chi connectivity index (χ3v) is 2.79. The number of benzene rings is 1. The average Bonchev–Trinajstić information content (AvgIpc) is 2.49.